The van der Waals surface area contributed by atoms with E-state index in [1.54, 1.807) is 22.7 Å². The minimum Gasteiger partial charge on any atom is -0.172 e. The lowest BCUT2D eigenvalue weighted by molar-refractivity contribution is 1.44. The summed E-state index contributed by atoms with van der Waals surface area (Å²) >= 11 is 22.5. The second-order valence-electron chi connectivity index (χ2n) is 10.0. The van der Waals surface area contributed by atoms with E-state index in [0.717, 1.165) is 31.9 Å². The van der Waals surface area contributed by atoms with E-state index in [4.69, 9.17) is 27.6 Å². The number of benzene rings is 2. The standard InChI is InChI=1S/C30H22Cl2N2S5/c1-11-7-19(36-16(11)6)22-24(31)25(32)23(27-26(22)33-39-34-27)20-8-12(2)28(37-20)21-10-18-15(5)29-17(9-13(3)35-29)14(4)30(18)38-21/h7-10H,1-6H3. The zero-order valence-corrected chi connectivity index (χ0v) is 27.6. The van der Waals surface area contributed by atoms with E-state index in [1.165, 1.54) is 73.7 Å². The fourth-order valence-corrected chi connectivity index (χ4v) is 11.4. The number of nitrogens with zero attached hydrogens (tertiary/aromatic N) is 2. The summed E-state index contributed by atoms with van der Waals surface area (Å²) in [6.45, 7) is 13.1. The second kappa shape index (κ2) is 9.35. The molecule has 2 nitrogen and oxygen atoms in total. The largest absolute Gasteiger partial charge is 0.172 e. The van der Waals surface area contributed by atoms with Gasteiger partial charge in [0.25, 0.3) is 0 Å². The Morgan fingerprint density at radius 1 is 0.590 bits per heavy atom. The molecule has 0 atom stereocenters. The zero-order valence-electron chi connectivity index (χ0n) is 22.0. The molecule has 5 aromatic heterocycles. The van der Waals surface area contributed by atoms with Crippen LogP contribution in [0.1, 0.15) is 32.0 Å². The maximum absolute atomic E-state index is 7.06. The van der Waals surface area contributed by atoms with Gasteiger partial charge in [-0.05, 0) is 98.8 Å². The summed E-state index contributed by atoms with van der Waals surface area (Å²) in [5.74, 6) is 0. The number of fused-ring (bicyclic) bond motifs is 3. The molecule has 0 amide bonds. The van der Waals surface area contributed by atoms with Crippen molar-refractivity contribution in [3.63, 3.8) is 0 Å². The van der Waals surface area contributed by atoms with Crippen LogP contribution in [-0.2, 0) is 0 Å². The first-order chi connectivity index (χ1) is 18.6. The van der Waals surface area contributed by atoms with Crippen molar-refractivity contribution >= 4 is 111 Å². The van der Waals surface area contributed by atoms with Crippen LogP contribution < -0.4 is 0 Å². The fourth-order valence-electron chi connectivity index (χ4n) is 5.32. The van der Waals surface area contributed by atoms with Gasteiger partial charge < -0.3 is 0 Å². The molecule has 196 valence electrons. The summed E-state index contributed by atoms with van der Waals surface area (Å²) in [5.41, 5.74) is 8.62. The fraction of sp³-hybridized carbons (Fsp3) is 0.200. The molecule has 2 aromatic carbocycles. The van der Waals surface area contributed by atoms with Gasteiger partial charge in [-0.1, -0.05) is 23.2 Å². The monoisotopic (exact) mass is 640 g/mol. The first kappa shape index (κ1) is 26.1. The Morgan fingerprint density at radius 2 is 1.15 bits per heavy atom. The van der Waals surface area contributed by atoms with Crippen molar-refractivity contribution in [1.82, 2.24) is 8.75 Å². The Morgan fingerprint density at radius 3 is 1.77 bits per heavy atom. The van der Waals surface area contributed by atoms with Crippen molar-refractivity contribution in [2.45, 2.75) is 41.5 Å². The molecule has 0 aliphatic heterocycles. The lowest BCUT2D eigenvalue weighted by Crippen LogP contribution is -1.87. The number of hydrogen-bond acceptors (Lipinski definition) is 7. The molecule has 0 unspecified atom stereocenters. The number of rotatable bonds is 3. The number of aryl methyl sites for hydroxylation is 6. The van der Waals surface area contributed by atoms with Crippen LogP contribution >= 0.6 is 80.3 Å². The minimum absolute atomic E-state index is 0.544. The molecule has 0 fully saturated rings. The average Bonchev–Trinajstić information content (AvgIpc) is 3.71. The summed E-state index contributed by atoms with van der Waals surface area (Å²) < 4.78 is 12.2. The van der Waals surface area contributed by atoms with E-state index >= 15 is 0 Å². The van der Waals surface area contributed by atoms with Crippen LogP contribution in [0.5, 0.6) is 0 Å². The third kappa shape index (κ3) is 3.89. The molecular weight excluding hydrogens is 620 g/mol. The molecule has 0 aliphatic carbocycles. The summed E-state index contributed by atoms with van der Waals surface area (Å²) in [4.78, 5) is 7.33. The van der Waals surface area contributed by atoms with Crippen LogP contribution in [0.25, 0.3) is 61.8 Å². The molecule has 0 radical (unpaired) electrons. The van der Waals surface area contributed by atoms with Crippen LogP contribution in [0.2, 0.25) is 10.0 Å². The van der Waals surface area contributed by atoms with Gasteiger partial charge in [-0.2, -0.15) is 8.75 Å². The van der Waals surface area contributed by atoms with Crippen LogP contribution in [-0.4, -0.2) is 8.75 Å². The Kier molecular flexibility index (Phi) is 6.25. The molecule has 7 aromatic rings. The first-order valence-corrected chi connectivity index (χ1v) is 17.1. The van der Waals surface area contributed by atoms with Crippen molar-refractivity contribution in [3.05, 3.63) is 66.3 Å². The lowest BCUT2D eigenvalue weighted by Gasteiger charge is -2.10. The highest BCUT2D eigenvalue weighted by Crippen LogP contribution is 2.52. The van der Waals surface area contributed by atoms with Gasteiger partial charge in [0.2, 0.25) is 0 Å². The van der Waals surface area contributed by atoms with Crippen molar-refractivity contribution < 1.29 is 0 Å². The van der Waals surface area contributed by atoms with Gasteiger partial charge in [-0.3, -0.25) is 0 Å². The van der Waals surface area contributed by atoms with E-state index in [9.17, 15) is 0 Å². The summed E-state index contributed by atoms with van der Waals surface area (Å²) in [6, 6.07) is 9.09. The van der Waals surface area contributed by atoms with Crippen LogP contribution in [0.15, 0.2) is 24.3 Å². The van der Waals surface area contributed by atoms with Crippen LogP contribution in [0.3, 0.4) is 0 Å². The van der Waals surface area contributed by atoms with Crippen molar-refractivity contribution in [2.75, 3.05) is 0 Å². The highest BCUT2D eigenvalue weighted by atomic mass is 35.5. The quantitative estimate of drug-likeness (QED) is 0.192. The van der Waals surface area contributed by atoms with Gasteiger partial charge in [0.1, 0.15) is 11.0 Å². The van der Waals surface area contributed by atoms with E-state index in [2.05, 4.69) is 70.2 Å². The normalized spacial score (nSPS) is 12.1. The predicted octanol–water partition coefficient (Wildman–Crippen LogP) is 12.4. The molecule has 0 N–H and O–H groups in total. The smallest absolute Gasteiger partial charge is 0.115 e. The molecular formula is C30H22Cl2N2S5. The number of aromatic nitrogens is 2. The highest BCUT2D eigenvalue weighted by Gasteiger charge is 2.26. The zero-order chi connectivity index (χ0) is 27.3. The van der Waals surface area contributed by atoms with Crippen molar-refractivity contribution in [3.8, 4) is 30.6 Å². The lowest BCUT2D eigenvalue weighted by atomic mass is 10.0. The first-order valence-electron chi connectivity index (χ1n) is 12.4. The maximum atomic E-state index is 7.06. The summed E-state index contributed by atoms with van der Waals surface area (Å²) in [6.07, 6.45) is 0. The van der Waals surface area contributed by atoms with E-state index in [0.29, 0.717) is 10.0 Å². The molecule has 7 rings (SSSR count). The minimum atomic E-state index is 0.544. The van der Waals surface area contributed by atoms with Gasteiger partial charge in [-0.25, -0.2) is 0 Å². The van der Waals surface area contributed by atoms with E-state index < -0.39 is 0 Å². The van der Waals surface area contributed by atoms with Gasteiger partial charge in [0.15, 0.2) is 0 Å². The number of thiophene rings is 4. The topological polar surface area (TPSA) is 25.8 Å². The average molecular weight is 642 g/mol. The molecule has 0 aliphatic rings. The van der Waals surface area contributed by atoms with Gasteiger partial charge in [0, 0.05) is 49.8 Å². The maximum Gasteiger partial charge on any atom is 0.115 e. The SMILES string of the molecule is Cc1cc2c(C)c3sc(-c4sc(-c5c(Cl)c(Cl)c(-c6cc(C)c(C)s6)c6nsnc56)cc4C)cc3c(C)c2s1. The Labute approximate surface area is 256 Å². The molecule has 0 bridgehead atoms. The van der Waals surface area contributed by atoms with Crippen LogP contribution in [0, 0.1) is 41.5 Å². The third-order valence-electron chi connectivity index (χ3n) is 7.47. The third-order valence-corrected chi connectivity index (χ3v) is 13.9. The van der Waals surface area contributed by atoms with Crippen molar-refractivity contribution in [2.24, 2.45) is 0 Å². The molecule has 9 heteroatoms. The Balaban J connectivity index is 1.41. The van der Waals surface area contributed by atoms with Crippen LogP contribution in [0.4, 0.5) is 0 Å². The summed E-state index contributed by atoms with van der Waals surface area (Å²) in [5, 5.41) is 3.83. The predicted molar refractivity (Wildman–Crippen MR) is 179 cm³/mol. The highest BCUT2D eigenvalue weighted by molar-refractivity contribution is 7.27. The van der Waals surface area contributed by atoms with Gasteiger partial charge in [-0.15, -0.1) is 45.3 Å². The Hall–Kier alpha value is -1.84. The second-order valence-corrected chi connectivity index (χ2v) is 15.9. The van der Waals surface area contributed by atoms with Gasteiger partial charge in [0.05, 0.1) is 21.8 Å². The van der Waals surface area contributed by atoms with Crippen molar-refractivity contribution in [1.29, 1.82) is 0 Å². The molecule has 39 heavy (non-hydrogen) atoms. The number of halogens is 2. The number of hydrogen-bond donors (Lipinski definition) is 0. The van der Waals surface area contributed by atoms with Gasteiger partial charge >= 0.3 is 0 Å². The molecule has 0 spiro atoms. The van der Waals surface area contributed by atoms with E-state index in [1.807, 2.05) is 22.7 Å². The molecule has 0 saturated heterocycles. The van der Waals surface area contributed by atoms with E-state index in [-0.39, 0.29) is 0 Å². The molecule has 5 heterocycles. The molecule has 0 saturated carbocycles. The summed E-state index contributed by atoms with van der Waals surface area (Å²) in [7, 11) is 0. The Bertz CT molecular complexity index is 2040.